The molecule has 3 heterocycles. The number of nitrogens with zero attached hydrogens (tertiary/aromatic N) is 4. The van der Waals surface area contributed by atoms with Crippen molar-refractivity contribution in [3.05, 3.63) is 48.2 Å². The average molecular weight is 561 g/mol. The first-order valence-electron chi connectivity index (χ1n) is 14.0. The van der Waals surface area contributed by atoms with Crippen LogP contribution < -0.4 is 4.74 Å². The molecule has 0 aliphatic rings. The van der Waals surface area contributed by atoms with Crippen LogP contribution in [0.4, 0.5) is 0 Å². The van der Waals surface area contributed by atoms with E-state index in [1.165, 1.54) is 7.11 Å². The molecule has 218 valence electrons. The van der Waals surface area contributed by atoms with Gasteiger partial charge in [-0.3, -0.25) is 4.79 Å². The third-order valence-electron chi connectivity index (χ3n) is 6.96. The van der Waals surface area contributed by atoms with Gasteiger partial charge < -0.3 is 23.3 Å². The van der Waals surface area contributed by atoms with Gasteiger partial charge in [0.05, 0.1) is 36.7 Å². The molecule has 0 bridgehead atoms. The molecule has 4 rings (SSSR count). The van der Waals surface area contributed by atoms with Gasteiger partial charge in [-0.05, 0) is 70.0 Å². The summed E-state index contributed by atoms with van der Waals surface area (Å²) in [6.07, 6.45) is 7.00. The minimum atomic E-state index is -0.446. The monoisotopic (exact) mass is 560 g/mol. The van der Waals surface area contributed by atoms with Crippen molar-refractivity contribution in [2.75, 3.05) is 14.2 Å². The Morgan fingerprint density at radius 3 is 2.41 bits per heavy atom. The molecule has 9 nitrogen and oxygen atoms in total. The fourth-order valence-corrected chi connectivity index (χ4v) is 5.06. The number of fused-ring (bicyclic) bond motifs is 2. The fraction of sp³-hybridized carbons (Fsp3) is 0.438. The molecule has 0 spiro atoms. The molecule has 0 amide bonds. The molecular formula is C32H40N4O5. The molecule has 0 aliphatic carbocycles. The van der Waals surface area contributed by atoms with Gasteiger partial charge in [-0.2, -0.15) is 0 Å². The Labute approximate surface area is 241 Å². The van der Waals surface area contributed by atoms with E-state index in [-0.39, 0.29) is 5.97 Å². The van der Waals surface area contributed by atoms with Crippen molar-refractivity contribution in [1.82, 2.24) is 19.1 Å². The standard InChI is InChI=1S/C32H40N4O5/c1-8-23-16-15-21-19-25(30-34-24-18-22(31(38)40-7)20-26(39-6)28(24)35(30)5)36(29(21)33-23)17-13-11-9-10-12-14-27(37)41-32(2,3)4/h8,15-16,18-20H,1,9-14,17H2,2-7H3. The molecule has 41 heavy (non-hydrogen) atoms. The summed E-state index contributed by atoms with van der Waals surface area (Å²) < 4.78 is 20.2. The lowest BCUT2D eigenvalue weighted by Gasteiger charge is -2.19. The summed E-state index contributed by atoms with van der Waals surface area (Å²) in [6.45, 7) is 10.3. The quantitative estimate of drug-likeness (QED) is 0.140. The summed E-state index contributed by atoms with van der Waals surface area (Å²) in [5.41, 5.74) is 3.98. The van der Waals surface area contributed by atoms with Crippen LogP contribution >= 0.6 is 0 Å². The number of rotatable bonds is 12. The zero-order valence-corrected chi connectivity index (χ0v) is 25.0. The first-order chi connectivity index (χ1) is 19.6. The number of aromatic nitrogens is 4. The number of methoxy groups -OCH3 is 2. The summed E-state index contributed by atoms with van der Waals surface area (Å²) >= 11 is 0. The second-order valence-corrected chi connectivity index (χ2v) is 11.2. The molecule has 4 aromatic rings. The molecule has 0 fully saturated rings. The van der Waals surface area contributed by atoms with Gasteiger partial charge in [-0.25, -0.2) is 14.8 Å². The number of hydrogen-bond acceptors (Lipinski definition) is 7. The number of carbonyl (C=O) groups excluding carboxylic acids is 2. The van der Waals surface area contributed by atoms with Crippen molar-refractivity contribution in [2.24, 2.45) is 7.05 Å². The van der Waals surface area contributed by atoms with E-state index in [0.29, 0.717) is 23.3 Å². The third-order valence-corrected chi connectivity index (χ3v) is 6.96. The van der Waals surface area contributed by atoms with E-state index in [1.54, 1.807) is 25.3 Å². The number of esters is 2. The van der Waals surface area contributed by atoms with Crippen molar-refractivity contribution in [3.8, 4) is 17.3 Å². The second-order valence-electron chi connectivity index (χ2n) is 11.2. The Bertz CT molecular complexity index is 1570. The van der Waals surface area contributed by atoms with Crippen LogP contribution in [-0.2, 0) is 27.9 Å². The van der Waals surface area contributed by atoms with E-state index < -0.39 is 11.6 Å². The molecular weight excluding hydrogens is 520 g/mol. The Morgan fingerprint density at radius 1 is 1.00 bits per heavy atom. The smallest absolute Gasteiger partial charge is 0.338 e. The minimum Gasteiger partial charge on any atom is -0.494 e. The van der Waals surface area contributed by atoms with E-state index in [4.69, 9.17) is 24.2 Å². The lowest BCUT2D eigenvalue weighted by molar-refractivity contribution is -0.154. The number of ether oxygens (including phenoxy) is 3. The normalized spacial score (nSPS) is 11.7. The topological polar surface area (TPSA) is 97.5 Å². The van der Waals surface area contributed by atoms with E-state index in [1.807, 2.05) is 38.5 Å². The molecule has 0 aliphatic heterocycles. The molecule has 0 saturated heterocycles. The summed E-state index contributed by atoms with van der Waals surface area (Å²) in [6, 6.07) is 9.51. The first-order valence-corrected chi connectivity index (χ1v) is 14.0. The Morgan fingerprint density at radius 2 is 1.73 bits per heavy atom. The number of pyridine rings is 1. The van der Waals surface area contributed by atoms with Crippen LogP contribution in [0.1, 0.15) is 75.3 Å². The molecule has 0 saturated carbocycles. The Balaban J connectivity index is 1.58. The van der Waals surface area contributed by atoms with E-state index in [2.05, 4.69) is 23.3 Å². The number of hydrogen-bond donors (Lipinski definition) is 0. The molecule has 0 unspecified atom stereocenters. The van der Waals surface area contributed by atoms with Crippen LogP contribution in [-0.4, -0.2) is 50.9 Å². The molecule has 0 N–H and O–H groups in total. The zero-order valence-electron chi connectivity index (χ0n) is 25.0. The summed E-state index contributed by atoms with van der Waals surface area (Å²) in [4.78, 5) is 34.0. The van der Waals surface area contributed by atoms with Crippen molar-refractivity contribution in [3.63, 3.8) is 0 Å². The first kappa shape index (κ1) is 29.8. The zero-order chi connectivity index (χ0) is 29.7. The summed E-state index contributed by atoms with van der Waals surface area (Å²) in [5.74, 6) is 0.711. The van der Waals surface area contributed by atoms with E-state index >= 15 is 0 Å². The van der Waals surface area contributed by atoms with Gasteiger partial charge in [-0.1, -0.05) is 25.8 Å². The molecule has 3 aromatic heterocycles. The Kier molecular flexibility index (Phi) is 9.15. The summed E-state index contributed by atoms with van der Waals surface area (Å²) in [5, 5.41) is 1.01. The second kappa shape index (κ2) is 12.6. The van der Waals surface area contributed by atoms with E-state index in [9.17, 15) is 9.59 Å². The lowest BCUT2D eigenvalue weighted by atomic mass is 10.1. The molecule has 0 atom stereocenters. The number of imidazole rings is 1. The highest BCUT2D eigenvalue weighted by Gasteiger charge is 2.22. The van der Waals surface area contributed by atoms with Crippen molar-refractivity contribution in [2.45, 2.75) is 71.4 Å². The predicted octanol–water partition coefficient (Wildman–Crippen LogP) is 6.71. The minimum absolute atomic E-state index is 0.136. The van der Waals surface area contributed by atoms with E-state index in [0.717, 1.165) is 72.4 Å². The largest absolute Gasteiger partial charge is 0.494 e. The number of benzene rings is 1. The Hall–Kier alpha value is -4.14. The number of carbonyl (C=O) groups is 2. The maximum atomic E-state index is 12.3. The molecule has 1 aromatic carbocycles. The van der Waals surface area contributed by atoms with Crippen LogP contribution in [0, 0.1) is 0 Å². The maximum Gasteiger partial charge on any atom is 0.338 e. The van der Waals surface area contributed by atoms with Crippen LogP contribution in [0.15, 0.2) is 36.9 Å². The number of unbranched alkanes of at least 4 members (excludes halogenated alkanes) is 4. The highest BCUT2D eigenvalue weighted by molar-refractivity contribution is 5.97. The van der Waals surface area contributed by atoms with Gasteiger partial charge >= 0.3 is 11.9 Å². The summed E-state index contributed by atoms with van der Waals surface area (Å²) in [7, 11) is 4.88. The van der Waals surface area contributed by atoms with Gasteiger partial charge in [0.25, 0.3) is 0 Å². The van der Waals surface area contributed by atoms with Crippen molar-refractivity contribution < 1.29 is 23.8 Å². The van der Waals surface area contributed by atoms with Crippen molar-refractivity contribution >= 4 is 40.1 Å². The highest BCUT2D eigenvalue weighted by Crippen LogP contribution is 2.34. The average Bonchev–Trinajstić information content (AvgIpc) is 3.46. The predicted molar refractivity (Wildman–Crippen MR) is 161 cm³/mol. The van der Waals surface area contributed by atoms with Crippen LogP contribution in [0.2, 0.25) is 0 Å². The van der Waals surface area contributed by atoms with Gasteiger partial charge in [0.15, 0.2) is 5.82 Å². The van der Waals surface area contributed by atoms with Crippen LogP contribution in [0.25, 0.3) is 39.7 Å². The van der Waals surface area contributed by atoms with Gasteiger partial charge in [0.1, 0.15) is 22.5 Å². The van der Waals surface area contributed by atoms with Crippen molar-refractivity contribution in [1.29, 1.82) is 0 Å². The molecule has 0 radical (unpaired) electrons. The van der Waals surface area contributed by atoms with Crippen LogP contribution in [0.3, 0.4) is 0 Å². The lowest BCUT2D eigenvalue weighted by Crippen LogP contribution is -2.23. The van der Waals surface area contributed by atoms with Crippen LogP contribution in [0.5, 0.6) is 5.75 Å². The van der Waals surface area contributed by atoms with Gasteiger partial charge in [0.2, 0.25) is 0 Å². The highest BCUT2D eigenvalue weighted by atomic mass is 16.6. The molecule has 9 heteroatoms. The number of aryl methyl sites for hydroxylation is 2. The van der Waals surface area contributed by atoms with Gasteiger partial charge in [-0.15, -0.1) is 0 Å². The fourth-order valence-electron chi connectivity index (χ4n) is 5.06. The third kappa shape index (κ3) is 6.78. The SMILES string of the molecule is C=Cc1ccc2cc(-c3nc4cc(C(=O)OC)cc(OC)c4n3C)n(CCCCCCCC(=O)OC(C)(C)C)c2n1. The maximum absolute atomic E-state index is 12.3. The van der Waals surface area contributed by atoms with Gasteiger partial charge in [0, 0.05) is 25.4 Å².